The van der Waals surface area contributed by atoms with Crippen LogP contribution in [0.3, 0.4) is 0 Å². The van der Waals surface area contributed by atoms with Crippen LogP contribution in [0.25, 0.3) is 10.9 Å². The molecule has 0 radical (unpaired) electrons. The molecule has 0 bridgehead atoms. The van der Waals surface area contributed by atoms with Gasteiger partial charge in [0.1, 0.15) is 11.6 Å². The minimum Gasteiger partial charge on any atom is -0.383 e. The Labute approximate surface area is 205 Å². The summed E-state index contributed by atoms with van der Waals surface area (Å²) in [6.45, 7) is 2.52. The number of methoxy groups -OCH3 is 1. The Morgan fingerprint density at radius 3 is 2.72 bits per heavy atom. The van der Waals surface area contributed by atoms with Crippen molar-refractivity contribution in [2.24, 2.45) is 0 Å². The standard InChI is InChI=1S/C26H25F4N3O3/c1-13(10-35-2)33(23-6-3-14-7-15(26(28,29)30)4-5-16(14)23)25(34)18-8-17-19-11-36-12-20(19)24(31)32-22(17)9-21(18)27/h4-5,7-9,13,23H,3,6,10-12H2,1-2H3,(H2,31,32)/t13-,23+/m1/s1. The molecule has 1 aliphatic heterocycles. The van der Waals surface area contributed by atoms with Gasteiger partial charge >= 0.3 is 6.18 Å². The summed E-state index contributed by atoms with van der Waals surface area (Å²) in [5.74, 6) is -1.05. The van der Waals surface area contributed by atoms with Crippen LogP contribution in [0.4, 0.5) is 23.4 Å². The summed E-state index contributed by atoms with van der Waals surface area (Å²) in [4.78, 5) is 19.7. The molecule has 2 atom stereocenters. The summed E-state index contributed by atoms with van der Waals surface area (Å²) in [6.07, 6.45) is -3.66. The first-order chi connectivity index (χ1) is 17.1. The lowest BCUT2D eigenvalue weighted by Crippen LogP contribution is -2.43. The fourth-order valence-corrected chi connectivity index (χ4v) is 5.33. The monoisotopic (exact) mass is 503 g/mol. The molecule has 0 saturated heterocycles. The molecule has 1 aliphatic carbocycles. The number of carbonyl (C=O) groups excluding carboxylic acids is 1. The first kappa shape index (κ1) is 24.5. The van der Waals surface area contributed by atoms with Crippen LogP contribution in [-0.2, 0) is 35.3 Å². The highest BCUT2D eigenvalue weighted by atomic mass is 19.4. The van der Waals surface area contributed by atoms with E-state index in [1.807, 2.05) is 0 Å². The van der Waals surface area contributed by atoms with Crippen LogP contribution in [0.1, 0.15) is 57.6 Å². The molecule has 0 fully saturated rings. The van der Waals surface area contributed by atoms with E-state index in [9.17, 15) is 18.0 Å². The maximum absolute atomic E-state index is 15.3. The lowest BCUT2D eigenvalue weighted by molar-refractivity contribution is -0.137. The van der Waals surface area contributed by atoms with Gasteiger partial charge in [-0.25, -0.2) is 9.37 Å². The van der Waals surface area contributed by atoms with Gasteiger partial charge in [0.25, 0.3) is 5.91 Å². The maximum atomic E-state index is 15.3. The molecular weight excluding hydrogens is 478 g/mol. The Balaban J connectivity index is 1.58. The molecule has 1 amide bonds. The Morgan fingerprint density at radius 1 is 1.25 bits per heavy atom. The van der Waals surface area contributed by atoms with E-state index in [2.05, 4.69) is 4.98 Å². The molecule has 3 aromatic rings. The van der Waals surface area contributed by atoms with E-state index in [4.69, 9.17) is 15.2 Å². The number of rotatable bonds is 5. The summed E-state index contributed by atoms with van der Waals surface area (Å²) in [5, 5.41) is 0.586. The lowest BCUT2D eigenvalue weighted by atomic mass is 9.99. The average Bonchev–Trinajstić information content (AvgIpc) is 3.46. The normalized spacial score (nSPS) is 17.8. The van der Waals surface area contributed by atoms with Crippen molar-refractivity contribution in [3.05, 3.63) is 69.5 Å². The van der Waals surface area contributed by atoms with Crippen LogP contribution < -0.4 is 5.73 Å². The number of nitrogens with zero attached hydrogens (tertiary/aromatic N) is 2. The molecule has 190 valence electrons. The van der Waals surface area contributed by atoms with E-state index < -0.39 is 35.5 Å². The quantitative estimate of drug-likeness (QED) is 0.486. The summed E-state index contributed by atoms with van der Waals surface area (Å²) in [5.41, 5.74) is 8.11. The van der Waals surface area contributed by atoms with Crippen LogP contribution in [0.2, 0.25) is 0 Å². The molecular formula is C26H25F4N3O3. The number of aromatic nitrogens is 1. The highest BCUT2D eigenvalue weighted by molar-refractivity contribution is 6.00. The number of benzene rings is 2. The fourth-order valence-electron chi connectivity index (χ4n) is 5.33. The number of nitrogen functional groups attached to an aromatic ring is 1. The second kappa shape index (κ2) is 9.01. The van der Waals surface area contributed by atoms with Gasteiger partial charge in [0.05, 0.1) is 48.5 Å². The largest absolute Gasteiger partial charge is 0.416 e. The van der Waals surface area contributed by atoms with Crippen LogP contribution in [0, 0.1) is 5.82 Å². The Bertz CT molecular complexity index is 1360. The van der Waals surface area contributed by atoms with Crippen molar-refractivity contribution in [1.82, 2.24) is 9.88 Å². The van der Waals surface area contributed by atoms with Crippen LogP contribution in [0.15, 0.2) is 30.3 Å². The number of hydrogen-bond acceptors (Lipinski definition) is 5. The van der Waals surface area contributed by atoms with Gasteiger partial charge in [0.2, 0.25) is 0 Å². The maximum Gasteiger partial charge on any atom is 0.416 e. The number of nitrogens with two attached hydrogens (primary N) is 1. The van der Waals surface area contributed by atoms with Crippen LogP contribution in [0.5, 0.6) is 0 Å². The smallest absolute Gasteiger partial charge is 0.383 e. The predicted molar refractivity (Wildman–Crippen MR) is 125 cm³/mol. The molecule has 2 aliphatic rings. The molecule has 0 unspecified atom stereocenters. The molecule has 5 rings (SSSR count). The highest BCUT2D eigenvalue weighted by Gasteiger charge is 2.38. The zero-order chi connectivity index (χ0) is 25.8. The summed E-state index contributed by atoms with van der Waals surface area (Å²) in [7, 11) is 1.49. The minimum absolute atomic E-state index is 0.147. The lowest BCUT2D eigenvalue weighted by Gasteiger charge is -2.35. The van der Waals surface area contributed by atoms with Crippen molar-refractivity contribution in [2.45, 2.75) is 51.2 Å². The van der Waals surface area contributed by atoms with E-state index in [1.54, 1.807) is 6.92 Å². The Kier molecular flexibility index (Phi) is 6.12. The Hall–Kier alpha value is -3.24. The van der Waals surface area contributed by atoms with Crippen molar-refractivity contribution in [2.75, 3.05) is 19.5 Å². The third kappa shape index (κ3) is 4.08. The molecule has 10 heteroatoms. The molecule has 0 saturated carbocycles. The van der Waals surface area contributed by atoms with Crippen LogP contribution in [-0.4, -0.2) is 35.5 Å². The van der Waals surface area contributed by atoms with Crippen molar-refractivity contribution >= 4 is 22.6 Å². The van der Waals surface area contributed by atoms with E-state index in [0.29, 0.717) is 41.5 Å². The average molecular weight is 503 g/mol. The van der Waals surface area contributed by atoms with Gasteiger partial charge in [-0.3, -0.25) is 4.79 Å². The van der Waals surface area contributed by atoms with Crippen molar-refractivity contribution in [1.29, 1.82) is 0 Å². The van der Waals surface area contributed by atoms with Gasteiger partial charge in [-0.1, -0.05) is 6.07 Å². The van der Waals surface area contributed by atoms with Gasteiger partial charge < -0.3 is 20.1 Å². The first-order valence-corrected chi connectivity index (χ1v) is 11.6. The topological polar surface area (TPSA) is 77.7 Å². The number of ether oxygens (including phenoxy) is 2. The van der Waals surface area contributed by atoms with Crippen LogP contribution >= 0.6 is 0 Å². The molecule has 2 N–H and O–H groups in total. The number of hydrogen-bond donors (Lipinski definition) is 1. The van der Waals surface area contributed by atoms with Crippen molar-refractivity contribution in [3.8, 4) is 0 Å². The van der Waals surface area contributed by atoms with Gasteiger partial charge in [0, 0.05) is 24.1 Å². The zero-order valence-corrected chi connectivity index (χ0v) is 19.8. The highest BCUT2D eigenvalue weighted by Crippen LogP contribution is 2.41. The number of halogens is 4. The van der Waals surface area contributed by atoms with Gasteiger partial charge in [-0.2, -0.15) is 13.2 Å². The summed E-state index contributed by atoms with van der Waals surface area (Å²) >= 11 is 0. The van der Waals surface area contributed by atoms with Gasteiger partial charge in [-0.15, -0.1) is 0 Å². The number of pyridine rings is 1. The van der Waals surface area contributed by atoms with E-state index in [-0.39, 0.29) is 24.6 Å². The van der Waals surface area contributed by atoms with Gasteiger partial charge in [0.15, 0.2) is 0 Å². The zero-order valence-electron chi connectivity index (χ0n) is 19.8. The number of fused-ring (bicyclic) bond motifs is 4. The Morgan fingerprint density at radius 2 is 2.00 bits per heavy atom. The van der Waals surface area contributed by atoms with Crippen molar-refractivity contribution < 1.29 is 31.8 Å². The number of anilines is 1. The summed E-state index contributed by atoms with van der Waals surface area (Å²) < 4.78 is 65.8. The summed E-state index contributed by atoms with van der Waals surface area (Å²) in [6, 6.07) is 5.26. The second-order valence-corrected chi connectivity index (χ2v) is 9.28. The minimum atomic E-state index is -4.46. The number of alkyl halides is 3. The molecule has 2 aromatic carbocycles. The third-order valence-corrected chi connectivity index (χ3v) is 7.02. The predicted octanol–water partition coefficient (Wildman–Crippen LogP) is 5.17. The third-order valence-electron chi connectivity index (χ3n) is 7.02. The molecule has 1 aromatic heterocycles. The van der Waals surface area contributed by atoms with E-state index in [1.165, 1.54) is 30.2 Å². The van der Waals surface area contributed by atoms with E-state index in [0.717, 1.165) is 23.3 Å². The molecule has 2 heterocycles. The number of carbonyl (C=O) groups is 1. The van der Waals surface area contributed by atoms with Crippen molar-refractivity contribution in [3.63, 3.8) is 0 Å². The molecule has 0 spiro atoms. The van der Waals surface area contributed by atoms with E-state index >= 15 is 4.39 Å². The van der Waals surface area contributed by atoms with Gasteiger partial charge in [-0.05, 0) is 54.7 Å². The number of amides is 1. The number of aryl methyl sites for hydroxylation is 1. The molecule has 6 nitrogen and oxygen atoms in total. The molecule has 36 heavy (non-hydrogen) atoms. The second-order valence-electron chi connectivity index (χ2n) is 9.28. The fraction of sp³-hybridized carbons (Fsp3) is 0.385. The first-order valence-electron chi connectivity index (χ1n) is 11.6. The SMILES string of the molecule is COC[C@@H](C)N(C(=O)c1cc2c3c(c(N)nc2cc1F)COC3)[C@H]1CCc2cc(C(F)(F)F)ccc21.